The maximum atomic E-state index is 12.0. The minimum absolute atomic E-state index is 0.0459. The summed E-state index contributed by atoms with van der Waals surface area (Å²) in [6.45, 7) is 2.29. The number of carbonyl (C=O) groups is 1. The number of hydrogen-bond donors (Lipinski definition) is 1. The normalized spacial score (nSPS) is 16.3. The minimum atomic E-state index is -0.116. The third-order valence-electron chi connectivity index (χ3n) is 5.11. The van der Waals surface area contributed by atoms with Gasteiger partial charge < -0.3 is 19.5 Å². The van der Waals surface area contributed by atoms with Crippen molar-refractivity contribution in [1.29, 1.82) is 0 Å². The third-order valence-corrected chi connectivity index (χ3v) is 5.11. The van der Waals surface area contributed by atoms with Gasteiger partial charge >= 0.3 is 0 Å². The SMILES string of the molecule is COCC(=O)NC[C@@H]1c2cc(OC)c(OC)cc2CCN1Cc1ccccc1. The lowest BCUT2D eigenvalue weighted by Crippen LogP contribution is -2.42. The first-order valence-electron chi connectivity index (χ1n) is 9.44. The van der Waals surface area contributed by atoms with Crippen molar-refractivity contribution in [2.24, 2.45) is 0 Å². The van der Waals surface area contributed by atoms with E-state index in [1.807, 2.05) is 12.1 Å². The Hall–Kier alpha value is -2.57. The van der Waals surface area contributed by atoms with Crippen molar-refractivity contribution < 1.29 is 19.0 Å². The largest absolute Gasteiger partial charge is 0.493 e. The second-order valence-corrected chi connectivity index (χ2v) is 6.86. The summed E-state index contributed by atoms with van der Waals surface area (Å²) in [6.07, 6.45) is 0.922. The zero-order valence-corrected chi connectivity index (χ0v) is 16.7. The van der Waals surface area contributed by atoms with Crippen LogP contribution in [0.2, 0.25) is 0 Å². The molecule has 6 nitrogen and oxygen atoms in total. The Balaban J connectivity index is 1.89. The van der Waals surface area contributed by atoms with E-state index in [1.54, 1.807) is 14.2 Å². The molecule has 0 spiro atoms. The molecule has 150 valence electrons. The van der Waals surface area contributed by atoms with Crippen molar-refractivity contribution in [2.75, 3.05) is 41.0 Å². The van der Waals surface area contributed by atoms with Gasteiger partial charge in [-0.2, -0.15) is 0 Å². The first-order valence-corrected chi connectivity index (χ1v) is 9.44. The lowest BCUT2D eigenvalue weighted by atomic mass is 9.91. The Labute approximate surface area is 166 Å². The summed E-state index contributed by atoms with van der Waals surface area (Å²) < 4.78 is 15.9. The smallest absolute Gasteiger partial charge is 0.246 e. The van der Waals surface area contributed by atoms with Crippen LogP contribution in [0.1, 0.15) is 22.7 Å². The number of ether oxygens (including phenoxy) is 3. The van der Waals surface area contributed by atoms with Gasteiger partial charge in [0.05, 0.1) is 20.3 Å². The number of fused-ring (bicyclic) bond motifs is 1. The number of hydrogen-bond acceptors (Lipinski definition) is 5. The van der Waals surface area contributed by atoms with Crippen LogP contribution < -0.4 is 14.8 Å². The Bertz CT molecular complexity index is 795. The van der Waals surface area contributed by atoms with E-state index < -0.39 is 0 Å². The van der Waals surface area contributed by atoms with E-state index in [9.17, 15) is 4.79 Å². The lowest BCUT2D eigenvalue weighted by Gasteiger charge is -2.38. The molecule has 1 heterocycles. The Morgan fingerprint density at radius 1 is 1.11 bits per heavy atom. The second-order valence-electron chi connectivity index (χ2n) is 6.86. The molecule has 0 radical (unpaired) electrons. The van der Waals surface area contributed by atoms with E-state index in [1.165, 1.54) is 18.2 Å². The summed E-state index contributed by atoms with van der Waals surface area (Å²) in [4.78, 5) is 14.4. The van der Waals surface area contributed by atoms with E-state index in [4.69, 9.17) is 14.2 Å². The van der Waals surface area contributed by atoms with Crippen molar-refractivity contribution in [2.45, 2.75) is 19.0 Å². The molecule has 28 heavy (non-hydrogen) atoms. The summed E-state index contributed by atoms with van der Waals surface area (Å²) in [6, 6.07) is 14.5. The van der Waals surface area contributed by atoms with E-state index in [-0.39, 0.29) is 18.6 Å². The number of nitrogens with one attached hydrogen (secondary N) is 1. The van der Waals surface area contributed by atoms with Gasteiger partial charge in [-0.25, -0.2) is 0 Å². The molecule has 1 aliphatic rings. The molecule has 0 fully saturated rings. The molecule has 1 N–H and O–H groups in total. The molecule has 2 aromatic carbocycles. The van der Waals surface area contributed by atoms with Crippen LogP contribution in [-0.4, -0.2) is 51.8 Å². The molecule has 0 bridgehead atoms. The molecule has 0 saturated heterocycles. The molecule has 0 unspecified atom stereocenters. The van der Waals surface area contributed by atoms with Crippen molar-refractivity contribution in [3.05, 3.63) is 59.2 Å². The molecule has 0 saturated carbocycles. The number of nitrogens with zero attached hydrogens (tertiary/aromatic N) is 1. The zero-order chi connectivity index (χ0) is 19.9. The maximum Gasteiger partial charge on any atom is 0.246 e. The molecule has 0 aliphatic carbocycles. The highest BCUT2D eigenvalue weighted by Gasteiger charge is 2.29. The zero-order valence-electron chi connectivity index (χ0n) is 16.7. The quantitative estimate of drug-likeness (QED) is 0.758. The van der Waals surface area contributed by atoms with Crippen LogP contribution >= 0.6 is 0 Å². The summed E-state index contributed by atoms with van der Waals surface area (Å²) in [5.74, 6) is 1.32. The Morgan fingerprint density at radius 3 is 2.50 bits per heavy atom. The fraction of sp³-hybridized carbons (Fsp3) is 0.409. The fourth-order valence-electron chi connectivity index (χ4n) is 3.72. The highest BCUT2D eigenvalue weighted by Crippen LogP contribution is 2.38. The molecule has 1 atom stereocenters. The lowest BCUT2D eigenvalue weighted by molar-refractivity contribution is -0.125. The summed E-state index contributed by atoms with van der Waals surface area (Å²) in [5, 5.41) is 3.00. The minimum Gasteiger partial charge on any atom is -0.493 e. The first kappa shape index (κ1) is 20.2. The molecular formula is C22H28N2O4. The molecule has 2 aromatic rings. The van der Waals surface area contributed by atoms with Crippen LogP contribution in [0.5, 0.6) is 11.5 Å². The summed E-state index contributed by atoms with van der Waals surface area (Å²) >= 11 is 0. The second kappa shape index (κ2) is 9.57. The number of benzene rings is 2. The van der Waals surface area contributed by atoms with Crippen molar-refractivity contribution >= 4 is 5.91 Å². The van der Waals surface area contributed by atoms with Crippen molar-refractivity contribution in [3.63, 3.8) is 0 Å². The van der Waals surface area contributed by atoms with Gasteiger partial charge in [-0.1, -0.05) is 30.3 Å². The van der Waals surface area contributed by atoms with Gasteiger partial charge in [0.25, 0.3) is 0 Å². The molecule has 6 heteroatoms. The maximum absolute atomic E-state index is 12.0. The number of methoxy groups -OCH3 is 3. The van der Waals surface area contributed by atoms with Gasteiger partial charge in [0.2, 0.25) is 5.91 Å². The van der Waals surface area contributed by atoms with Crippen LogP contribution in [0.3, 0.4) is 0 Å². The van der Waals surface area contributed by atoms with E-state index >= 15 is 0 Å². The van der Waals surface area contributed by atoms with Gasteiger partial charge in [-0.05, 0) is 35.2 Å². The topological polar surface area (TPSA) is 60.0 Å². The van der Waals surface area contributed by atoms with Crippen LogP contribution in [0.4, 0.5) is 0 Å². The molecule has 0 aromatic heterocycles. The molecule has 3 rings (SSSR count). The highest BCUT2D eigenvalue weighted by atomic mass is 16.5. The van der Waals surface area contributed by atoms with Crippen molar-refractivity contribution in [3.8, 4) is 11.5 Å². The number of carbonyl (C=O) groups excluding carboxylic acids is 1. The Morgan fingerprint density at radius 2 is 1.82 bits per heavy atom. The van der Waals surface area contributed by atoms with E-state index in [0.29, 0.717) is 12.3 Å². The predicted octanol–water partition coefficient (Wildman–Crippen LogP) is 2.57. The molecule has 1 amide bonds. The Kier molecular flexibility index (Phi) is 6.90. The highest BCUT2D eigenvalue weighted by molar-refractivity contribution is 5.77. The molecular weight excluding hydrogens is 356 g/mol. The average molecular weight is 384 g/mol. The van der Waals surface area contributed by atoms with Crippen LogP contribution in [0.15, 0.2) is 42.5 Å². The predicted molar refractivity (Wildman–Crippen MR) is 108 cm³/mol. The van der Waals surface area contributed by atoms with Gasteiger partial charge in [0.1, 0.15) is 6.61 Å². The van der Waals surface area contributed by atoms with Gasteiger partial charge in [0, 0.05) is 26.7 Å². The standard InChI is InChI=1S/C22H28N2O4/c1-26-15-22(25)23-13-19-18-12-21(28-3)20(27-2)11-17(18)9-10-24(19)14-16-7-5-4-6-8-16/h4-8,11-12,19H,9-10,13-15H2,1-3H3,(H,23,25)/t19-/m1/s1. The fourth-order valence-corrected chi connectivity index (χ4v) is 3.72. The van der Waals surface area contributed by atoms with Gasteiger partial charge in [0.15, 0.2) is 11.5 Å². The van der Waals surface area contributed by atoms with Gasteiger partial charge in [-0.15, -0.1) is 0 Å². The molecule has 1 aliphatic heterocycles. The van der Waals surface area contributed by atoms with E-state index in [0.717, 1.165) is 30.8 Å². The van der Waals surface area contributed by atoms with Crippen LogP contribution in [-0.2, 0) is 22.5 Å². The van der Waals surface area contributed by atoms with E-state index in [2.05, 4.69) is 40.5 Å². The summed E-state index contributed by atoms with van der Waals surface area (Å²) in [7, 11) is 4.82. The number of rotatable bonds is 8. The number of amides is 1. The average Bonchev–Trinajstić information content (AvgIpc) is 2.72. The third kappa shape index (κ3) is 4.64. The van der Waals surface area contributed by atoms with Gasteiger partial charge in [-0.3, -0.25) is 9.69 Å². The van der Waals surface area contributed by atoms with Crippen LogP contribution in [0, 0.1) is 0 Å². The summed E-state index contributed by atoms with van der Waals surface area (Å²) in [5.41, 5.74) is 3.64. The van der Waals surface area contributed by atoms with Crippen LogP contribution in [0.25, 0.3) is 0 Å². The van der Waals surface area contributed by atoms with Crippen molar-refractivity contribution in [1.82, 2.24) is 10.2 Å². The first-order chi connectivity index (χ1) is 13.7. The monoisotopic (exact) mass is 384 g/mol.